The van der Waals surface area contributed by atoms with Crippen LogP contribution in [-0.2, 0) is 0 Å². The number of amides is 1. The summed E-state index contributed by atoms with van der Waals surface area (Å²) in [6.45, 7) is 0. The number of phenolic OH excluding ortho intramolecular Hbond substituents is 1. The molecule has 92 valence electrons. The summed E-state index contributed by atoms with van der Waals surface area (Å²) in [7, 11) is 0. The van der Waals surface area contributed by atoms with Crippen molar-refractivity contribution in [1.29, 1.82) is 0 Å². The van der Waals surface area contributed by atoms with Crippen LogP contribution in [0.1, 0.15) is 15.2 Å². The van der Waals surface area contributed by atoms with Gasteiger partial charge in [-0.15, -0.1) is 11.3 Å². The van der Waals surface area contributed by atoms with Gasteiger partial charge < -0.3 is 5.11 Å². The zero-order valence-corrected chi connectivity index (χ0v) is 11.5. The first-order chi connectivity index (χ1) is 8.66. The van der Waals surface area contributed by atoms with Crippen LogP contribution < -0.4 is 5.43 Å². The first-order valence-electron chi connectivity index (χ1n) is 5.02. The number of aromatic hydroxyl groups is 1. The summed E-state index contributed by atoms with van der Waals surface area (Å²) in [6.07, 6.45) is 1.51. The molecule has 2 rings (SSSR count). The lowest BCUT2D eigenvalue weighted by Gasteiger charge is -1.98. The van der Waals surface area contributed by atoms with Gasteiger partial charge in [-0.25, -0.2) is 5.43 Å². The number of thiophene rings is 1. The zero-order chi connectivity index (χ0) is 13.0. The minimum Gasteiger partial charge on any atom is -0.507 e. The van der Waals surface area contributed by atoms with Crippen molar-refractivity contribution in [2.24, 2.45) is 5.10 Å². The van der Waals surface area contributed by atoms with Crippen molar-refractivity contribution < 1.29 is 9.90 Å². The molecule has 0 aliphatic heterocycles. The third kappa shape index (κ3) is 3.18. The number of benzene rings is 1. The molecule has 6 heteroatoms. The molecule has 1 aromatic carbocycles. The molecule has 0 aliphatic rings. The van der Waals surface area contributed by atoms with E-state index in [4.69, 9.17) is 0 Å². The van der Waals surface area contributed by atoms with Gasteiger partial charge >= 0.3 is 0 Å². The van der Waals surface area contributed by atoms with Crippen molar-refractivity contribution in [3.05, 3.63) is 50.6 Å². The van der Waals surface area contributed by atoms with E-state index >= 15 is 0 Å². The number of halogens is 1. The summed E-state index contributed by atoms with van der Waals surface area (Å²) in [5.41, 5.74) is 3.20. The van der Waals surface area contributed by atoms with E-state index in [1.165, 1.54) is 17.6 Å². The van der Waals surface area contributed by atoms with Crippen LogP contribution in [0.15, 0.2) is 45.3 Å². The Balaban J connectivity index is 1.99. The summed E-state index contributed by atoms with van der Waals surface area (Å²) < 4.78 is 0.580. The second-order valence-electron chi connectivity index (χ2n) is 3.39. The van der Waals surface area contributed by atoms with Crippen LogP contribution in [0.5, 0.6) is 5.75 Å². The number of hydrogen-bond acceptors (Lipinski definition) is 4. The maximum Gasteiger partial charge on any atom is 0.281 e. The Kier molecular flexibility index (Phi) is 4.11. The van der Waals surface area contributed by atoms with Crippen molar-refractivity contribution in [3.63, 3.8) is 0 Å². The number of phenols is 1. The Bertz CT molecular complexity index is 582. The second kappa shape index (κ2) is 5.79. The molecule has 0 fully saturated rings. The van der Waals surface area contributed by atoms with E-state index < -0.39 is 0 Å². The Hall–Kier alpha value is -1.66. The minimum atomic E-state index is -0.237. The van der Waals surface area contributed by atoms with E-state index in [-0.39, 0.29) is 11.7 Å². The summed E-state index contributed by atoms with van der Waals surface area (Å²) in [6, 6.07) is 8.48. The molecule has 4 nitrogen and oxygen atoms in total. The molecule has 0 radical (unpaired) electrons. The van der Waals surface area contributed by atoms with Gasteiger partial charge in [-0.1, -0.05) is 6.07 Å². The fourth-order valence-electron chi connectivity index (χ4n) is 1.23. The predicted octanol–water partition coefficient (Wildman–Crippen LogP) is 2.98. The molecule has 0 unspecified atom stereocenters. The molecule has 0 spiro atoms. The van der Waals surface area contributed by atoms with Crippen LogP contribution in [0.3, 0.4) is 0 Å². The van der Waals surface area contributed by atoms with E-state index in [9.17, 15) is 9.90 Å². The fourth-order valence-corrected chi connectivity index (χ4v) is 2.24. The Morgan fingerprint density at radius 1 is 1.44 bits per heavy atom. The van der Waals surface area contributed by atoms with Gasteiger partial charge in [0.15, 0.2) is 0 Å². The van der Waals surface area contributed by atoms with Crippen molar-refractivity contribution in [3.8, 4) is 5.75 Å². The standard InChI is InChI=1S/C12H9BrN2O2S/c13-9-6-8(3-4-10(9)16)7-14-15-12(17)11-2-1-5-18-11/h1-7,16H,(H,15,17)/b14-7-. The number of carbonyl (C=O) groups excluding carboxylic acids is 1. The number of hydrogen-bond donors (Lipinski definition) is 2. The lowest BCUT2D eigenvalue weighted by atomic mass is 10.2. The Labute approximate surface area is 116 Å². The number of nitrogens with one attached hydrogen (secondary N) is 1. The molecular weight excluding hydrogens is 316 g/mol. The van der Waals surface area contributed by atoms with E-state index in [1.807, 2.05) is 5.38 Å². The third-order valence-electron chi connectivity index (χ3n) is 2.10. The van der Waals surface area contributed by atoms with E-state index in [2.05, 4.69) is 26.5 Å². The van der Waals surface area contributed by atoms with Crippen molar-refractivity contribution in [1.82, 2.24) is 5.43 Å². The molecular formula is C12H9BrN2O2S. The topological polar surface area (TPSA) is 61.7 Å². The van der Waals surface area contributed by atoms with Gasteiger partial charge in [0.2, 0.25) is 0 Å². The van der Waals surface area contributed by atoms with E-state index in [1.54, 1.807) is 30.3 Å². The highest BCUT2D eigenvalue weighted by Crippen LogP contribution is 2.23. The smallest absolute Gasteiger partial charge is 0.281 e. The van der Waals surface area contributed by atoms with Gasteiger partial charge in [0.1, 0.15) is 5.75 Å². The maximum atomic E-state index is 11.6. The summed E-state index contributed by atoms with van der Waals surface area (Å²) in [5, 5.41) is 15.0. The van der Waals surface area contributed by atoms with Crippen LogP contribution in [0, 0.1) is 0 Å². The third-order valence-corrected chi connectivity index (χ3v) is 3.60. The zero-order valence-electron chi connectivity index (χ0n) is 9.13. The van der Waals surface area contributed by atoms with Crippen molar-refractivity contribution in [2.45, 2.75) is 0 Å². The lowest BCUT2D eigenvalue weighted by Crippen LogP contribution is -2.16. The van der Waals surface area contributed by atoms with Gasteiger partial charge in [-0.2, -0.15) is 5.10 Å². The molecule has 0 aliphatic carbocycles. The maximum absolute atomic E-state index is 11.6. The normalized spacial score (nSPS) is 10.7. The van der Waals surface area contributed by atoms with Crippen LogP contribution >= 0.6 is 27.3 Å². The summed E-state index contributed by atoms with van der Waals surface area (Å²) >= 11 is 4.56. The SMILES string of the molecule is O=C(N/N=C\c1ccc(O)c(Br)c1)c1cccs1. The lowest BCUT2D eigenvalue weighted by molar-refractivity contribution is 0.0959. The molecule has 1 amide bonds. The predicted molar refractivity (Wildman–Crippen MR) is 75.2 cm³/mol. The van der Waals surface area contributed by atoms with E-state index in [0.29, 0.717) is 9.35 Å². The highest BCUT2D eigenvalue weighted by molar-refractivity contribution is 9.10. The molecule has 1 aromatic heterocycles. The fraction of sp³-hybridized carbons (Fsp3) is 0. The molecule has 2 N–H and O–H groups in total. The first kappa shape index (κ1) is 12.8. The number of rotatable bonds is 3. The van der Waals surface area contributed by atoms with Gasteiger partial charge in [-0.3, -0.25) is 4.79 Å². The van der Waals surface area contributed by atoms with Crippen LogP contribution in [0.2, 0.25) is 0 Å². The average Bonchev–Trinajstić information content (AvgIpc) is 2.87. The van der Waals surface area contributed by atoms with Crippen LogP contribution in [-0.4, -0.2) is 17.2 Å². The molecule has 0 atom stereocenters. The van der Waals surface area contributed by atoms with Gasteiger partial charge in [0, 0.05) is 0 Å². The highest BCUT2D eigenvalue weighted by Gasteiger charge is 2.03. The molecule has 0 bridgehead atoms. The quantitative estimate of drug-likeness (QED) is 0.673. The van der Waals surface area contributed by atoms with Crippen LogP contribution in [0.4, 0.5) is 0 Å². The molecule has 18 heavy (non-hydrogen) atoms. The van der Waals surface area contributed by atoms with Gasteiger partial charge in [0.05, 0.1) is 15.6 Å². The molecule has 1 heterocycles. The first-order valence-corrected chi connectivity index (χ1v) is 6.69. The van der Waals surface area contributed by atoms with Crippen molar-refractivity contribution in [2.75, 3.05) is 0 Å². The highest BCUT2D eigenvalue weighted by atomic mass is 79.9. The summed E-state index contributed by atoms with van der Waals surface area (Å²) in [4.78, 5) is 12.2. The monoisotopic (exact) mass is 324 g/mol. The largest absolute Gasteiger partial charge is 0.507 e. The molecule has 0 saturated heterocycles. The van der Waals surface area contributed by atoms with Gasteiger partial charge in [-0.05, 0) is 51.1 Å². The van der Waals surface area contributed by atoms with Gasteiger partial charge in [0.25, 0.3) is 5.91 Å². The number of nitrogens with zero attached hydrogens (tertiary/aromatic N) is 1. The van der Waals surface area contributed by atoms with E-state index in [0.717, 1.165) is 5.56 Å². The Morgan fingerprint density at radius 3 is 2.94 bits per heavy atom. The molecule has 0 saturated carbocycles. The Morgan fingerprint density at radius 2 is 2.28 bits per heavy atom. The minimum absolute atomic E-state index is 0.162. The summed E-state index contributed by atoms with van der Waals surface area (Å²) in [5.74, 6) is -0.0751. The average molecular weight is 325 g/mol. The molecule has 2 aromatic rings. The number of carbonyl (C=O) groups is 1. The van der Waals surface area contributed by atoms with Crippen molar-refractivity contribution >= 4 is 39.4 Å². The second-order valence-corrected chi connectivity index (χ2v) is 5.19. The number of hydrazone groups is 1. The van der Waals surface area contributed by atoms with Crippen LogP contribution in [0.25, 0.3) is 0 Å².